The summed E-state index contributed by atoms with van der Waals surface area (Å²) in [6.07, 6.45) is 18.1. The Kier molecular flexibility index (Phi) is 12.8. The Morgan fingerprint density at radius 3 is 2.79 bits per heavy atom. The van der Waals surface area contributed by atoms with Crippen molar-refractivity contribution in [3.05, 3.63) is 114 Å². The van der Waals surface area contributed by atoms with Gasteiger partial charge in [-0.05, 0) is 50.8 Å². The molecule has 0 fully saturated rings. The summed E-state index contributed by atoms with van der Waals surface area (Å²) in [7, 11) is 0. The van der Waals surface area contributed by atoms with Crippen molar-refractivity contribution < 1.29 is 18.9 Å². The van der Waals surface area contributed by atoms with Crippen LogP contribution in [0.5, 0.6) is 0 Å². The third kappa shape index (κ3) is 9.52. The molecule has 0 saturated carbocycles. The first kappa shape index (κ1) is 32.0. The molecular weight excluding hydrogens is 538 g/mol. The second-order valence-electron chi connectivity index (χ2n) is 10.9. The highest BCUT2D eigenvalue weighted by Crippen LogP contribution is 2.30. The predicted octanol–water partition coefficient (Wildman–Crippen LogP) is 8.19. The number of aromatic nitrogens is 2. The van der Waals surface area contributed by atoms with Crippen LogP contribution >= 0.6 is 0 Å². The molecule has 2 aliphatic rings. The average molecular weight is 586 g/mol. The molecule has 1 aliphatic carbocycles. The maximum atomic E-state index is 5.80. The smallest absolute Gasteiger partial charge is 0.230 e. The maximum Gasteiger partial charge on any atom is 0.230 e. The molecular formula is C36H47N3O4. The third-order valence-electron chi connectivity index (χ3n) is 7.56. The molecule has 1 aromatic heterocycles. The summed E-state index contributed by atoms with van der Waals surface area (Å²) in [5, 5.41) is 0. The second-order valence-corrected chi connectivity index (χ2v) is 10.9. The van der Waals surface area contributed by atoms with E-state index >= 15 is 0 Å². The number of nitrogens with zero attached hydrogens (tertiary/aromatic N) is 3. The number of hydrogen-bond donors (Lipinski definition) is 0. The van der Waals surface area contributed by atoms with Crippen LogP contribution in [0.15, 0.2) is 103 Å². The molecule has 0 spiro atoms. The Morgan fingerprint density at radius 2 is 2.00 bits per heavy atom. The van der Waals surface area contributed by atoms with Crippen molar-refractivity contribution in [1.82, 2.24) is 14.5 Å². The Bertz CT molecular complexity index is 1320. The first-order valence-corrected chi connectivity index (χ1v) is 15.5. The highest BCUT2D eigenvalue weighted by molar-refractivity contribution is 5.57. The van der Waals surface area contributed by atoms with E-state index in [4.69, 9.17) is 23.9 Å². The summed E-state index contributed by atoms with van der Waals surface area (Å²) in [6.45, 7) is 15.8. The summed E-state index contributed by atoms with van der Waals surface area (Å²) >= 11 is 0. The van der Waals surface area contributed by atoms with Gasteiger partial charge in [0.15, 0.2) is 5.76 Å². The van der Waals surface area contributed by atoms with Crippen LogP contribution in [0.3, 0.4) is 0 Å². The van der Waals surface area contributed by atoms with Gasteiger partial charge in [-0.15, -0.1) is 6.58 Å². The summed E-state index contributed by atoms with van der Waals surface area (Å²) in [4.78, 5) is 7.72. The molecule has 0 radical (unpaired) electrons. The van der Waals surface area contributed by atoms with Gasteiger partial charge in [-0.1, -0.05) is 68.0 Å². The monoisotopic (exact) mass is 585 g/mol. The minimum absolute atomic E-state index is 0.173. The number of ether oxygens (including phenoxy) is 4. The van der Waals surface area contributed by atoms with Gasteiger partial charge in [0.1, 0.15) is 11.6 Å². The highest BCUT2D eigenvalue weighted by Gasteiger charge is 2.23. The third-order valence-corrected chi connectivity index (χ3v) is 7.56. The normalized spacial score (nSPS) is 15.1. The molecule has 0 N–H and O–H groups in total. The molecule has 0 atom stereocenters. The molecule has 4 rings (SSSR count). The fraction of sp³-hybridized carbons (Fsp3) is 0.417. The zero-order chi connectivity index (χ0) is 30.3. The van der Waals surface area contributed by atoms with Crippen molar-refractivity contribution in [2.75, 3.05) is 26.7 Å². The minimum Gasteiger partial charge on any atom is -0.465 e. The van der Waals surface area contributed by atoms with E-state index in [1.807, 2.05) is 13.0 Å². The summed E-state index contributed by atoms with van der Waals surface area (Å²) in [5.74, 6) is 3.77. The van der Waals surface area contributed by atoms with Crippen LogP contribution < -0.4 is 0 Å². The van der Waals surface area contributed by atoms with Crippen LogP contribution in [-0.4, -0.2) is 41.1 Å². The number of benzene rings is 1. The number of unbranched alkanes of at least 4 members (excludes halogenated alkanes) is 1. The van der Waals surface area contributed by atoms with Gasteiger partial charge in [0, 0.05) is 44.6 Å². The molecule has 2 heterocycles. The lowest BCUT2D eigenvalue weighted by molar-refractivity contribution is 0.0292. The standard InChI is InChI=1S/C36H47N3O4/c1-5-8-22-39-33(32(15-7-3)37-36(39)31-18-11-10-12-19-31)26-38(21-14-16-29(4)41-27-40-23-9-6-2)25-30-17-13-20-34-35(24-30)43-28-42-34/h6-7,9-12,16,18-19,23-24H,2-3,5,8,13-15,17,20-22,25-28H2,1,4H3/b23-9+,29-16+. The molecule has 1 aromatic carbocycles. The highest BCUT2D eigenvalue weighted by atomic mass is 16.7. The van der Waals surface area contributed by atoms with Crippen LogP contribution in [0, 0.1) is 0 Å². The first-order chi connectivity index (χ1) is 21.1. The van der Waals surface area contributed by atoms with Gasteiger partial charge >= 0.3 is 0 Å². The van der Waals surface area contributed by atoms with Gasteiger partial charge in [-0.2, -0.15) is 0 Å². The summed E-state index contributed by atoms with van der Waals surface area (Å²) in [5.41, 5.74) is 4.87. The van der Waals surface area contributed by atoms with Crippen LogP contribution in [0.4, 0.5) is 0 Å². The zero-order valence-electron chi connectivity index (χ0n) is 25.9. The Labute approximate surface area is 257 Å². The summed E-state index contributed by atoms with van der Waals surface area (Å²) in [6, 6.07) is 10.5. The van der Waals surface area contributed by atoms with Gasteiger partial charge < -0.3 is 23.5 Å². The van der Waals surface area contributed by atoms with Crippen molar-refractivity contribution in [1.29, 1.82) is 0 Å². The predicted molar refractivity (Wildman–Crippen MR) is 172 cm³/mol. The quantitative estimate of drug-likeness (QED) is 0.0578. The zero-order valence-corrected chi connectivity index (χ0v) is 25.9. The van der Waals surface area contributed by atoms with Gasteiger partial charge in [-0.3, -0.25) is 4.90 Å². The van der Waals surface area contributed by atoms with E-state index in [1.54, 1.807) is 18.4 Å². The largest absolute Gasteiger partial charge is 0.465 e. The van der Waals surface area contributed by atoms with E-state index in [0.717, 1.165) is 105 Å². The fourth-order valence-corrected chi connectivity index (χ4v) is 5.37. The van der Waals surface area contributed by atoms with E-state index in [-0.39, 0.29) is 6.79 Å². The van der Waals surface area contributed by atoms with E-state index in [1.165, 1.54) is 11.3 Å². The van der Waals surface area contributed by atoms with Crippen molar-refractivity contribution in [3.8, 4) is 11.4 Å². The number of imidazole rings is 1. The molecule has 2 aromatic rings. The topological polar surface area (TPSA) is 58.0 Å². The summed E-state index contributed by atoms with van der Waals surface area (Å²) < 4.78 is 25.0. The van der Waals surface area contributed by atoms with Crippen molar-refractivity contribution in [3.63, 3.8) is 0 Å². The molecule has 7 heteroatoms. The maximum absolute atomic E-state index is 5.80. The Hall–Kier alpha value is -3.97. The Morgan fingerprint density at radius 1 is 1.14 bits per heavy atom. The SMILES string of the molecule is C=C/C=C/OCO/C(C)=C/CCN(CC1=CC2=C(CCC1)OCO2)Cc1c(CC=C)nc(-c2ccccc2)n1CCCC. The molecule has 1 aliphatic heterocycles. The molecule has 43 heavy (non-hydrogen) atoms. The van der Waals surface area contributed by atoms with Crippen molar-refractivity contribution in [2.24, 2.45) is 0 Å². The lowest BCUT2D eigenvalue weighted by Gasteiger charge is -2.25. The van der Waals surface area contributed by atoms with E-state index in [2.05, 4.69) is 72.0 Å². The van der Waals surface area contributed by atoms with Crippen molar-refractivity contribution in [2.45, 2.75) is 71.9 Å². The lowest BCUT2D eigenvalue weighted by atomic mass is 10.1. The van der Waals surface area contributed by atoms with Gasteiger partial charge in [-0.25, -0.2) is 4.98 Å². The minimum atomic E-state index is 0.173. The van der Waals surface area contributed by atoms with E-state index in [9.17, 15) is 0 Å². The first-order valence-electron chi connectivity index (χ1n) is 15.5. The van der Waals surface area contributed by atoms with Crippen LogP contribution in [0.1, 0.15) is 63.8 Å². The van der Waals surface area contributed by atoms with Gasteiger partial charge in [0.05, 0.1) is 23.4 Å². The van der Waals surface area contributed by atoms with E-state index < -0.39 is 0 Å². The molecule has 0 bridgehead atoms. The number of allylic oxidation sites excluding steroid dienone is 6. The fourth-order valence-electron chi connectivity index (χ4n) is 5.37. The lowest BCUT2D eigenvalue weighted by Crippen LogP contribution is -2.28. The average Bonchev–Trinajstić information content (AvgIpc) is 3.54. The number of rotatable bonds is 18. The number of hydrogen-bond acceptors (Lipinski definition) is 6. The molecule has 0 unspecified atom stereocenters. The molecule has 230 valence electrons. The van der Waals surface area contributed by atoms with Crippen LogP contribution in [0.25, 0.3) is 11.4 Å². The molecule has 0 amide bonds. The van der Waals surface area contributed by atoms with Gasteiger partial charge in [0.25, 0.3) is 0 Å². The van der Waals surface area contributed by atoms with Crippen LogP contribution in [0.2, 0.25) is 0 Å². The van der Waals surface area contributed by atoms with E-state index in [0.29, 0.717) is 6.79 Å². The van der Waals surface area contributed by atoms with Crippen molar-refractivity contribution >= 4 is 0 Å². The van der Waals surface area contributed by atoms with Gasteiger partial charge in [0.2, 0.25) is 13.6 Å². The second kappa shape index (κ2) is 17.2. The molecule has 0 saturated heterocycles. The van der Waals surface area contributed by atoms with Crippen LogP contribution in [-0.2, 0) is 38.5 Å². The molecule has 7 nitrogen and oxygen atoms in total. The Balaban J connectivity index is 1.59.